The van der Waals surface area contributed by atoms with Gasteiger partial charge in [-0.25, -0.2) is 0 Å². The van der Waals surface area contributed by atoms with Crippen molar-refractivity contribution in [2.24, 2.45) is 0 Å². The minimum atomic E-state index is -0.0793. The number of carbonyl (C=O) groups excluding carboxylic acids is 1. The quantitative estimate of drug-likeness (QED) is 0.526. The van der Waals surface area contributed by atoms with Crippen molar-refractivity contribution in [3.63, 3.8) is 0 Å². The molecule has 0 unspecified atom stereocenters. The summed E-state index contributed by atoms with van der Waals surface area (Å²) in [7, 11) is 0. The summed E-state index contributed by atoms with van der Waals surface area (Å²) in [5.74, 6) is -0.0793. The molecule has 1 amide bonds. The van der Waals surface area contributed by atoms with Crippen LogP contribution < -0.4 is 5.32 Å². The van der Waals surface area contributed by atoms with Crippen molar-refractivity contribution in [3.8, 4) is 6.07 Å². The van der Waals surface area contributed by atoms with E-state index in [-0.39, 0.29) is 5.91 Å². The highest BCUT2D eigenvalue weighted by Crippen LogP contribution is 2.03. The number of halogens is 1. The number of hydrogen-bond acceptors (Lipinski definition) is 2. The summed E-state index contributed by atoms with van der Waals surface area (Å²) in [5.41, 5.74) is 1.17. The van der Waals surface area contributed by atoms with Gasteiger partial charge in [-0.15, -0.1) is 0 Å². The molecule has 0 saturated heterocycles. The van der Waals surface area contributed by atoms with Gasteiger partial charge in [-0.05, 0) is 30.7 Å². The number of nitrogens with zero attached hydrogens (tertiary/aromatic N) is 1. The third kappa shape index (κ3) is 3.88. The average molecular weight is 314 g/mol. The molecule has 0 spiro atoms. The molecule has 3 nitrogen and oxygen atoms in total. The van der Waals surface area contributed by atoms with Gasteiger partial charge in [0.05, 0.1) is 11.6 Å². The van der Waals surface area contributed by atoms with Gasteiger partial charge in [-0.1, -0.05) is 22.6 Å². The van der Waals surface area contributed by atoms with E-state index in [1.54, 1.807) is 24.3 Å². The minimum absolute atomic E-state index is 0.0793. The van der Waals surface area contributed by atoms with Crippen molar-refractivity contribution < 1.29 is 4.79 Å². The lowest BCUT2D eigenvalue weighted by Crippen LogP contribution is -2.24. The Balaban J connectivity index is 2.55. The second kappa shape index (κ2) is 6.40. The van der Waals surface area contributed by atoms with E-state index in [1.807, 2.05) is 6.07 Å². The lowest BCUT2D eigenvalue weighted by atomic mass is 10.1. The maximum absolute atomic E-state index is 11.5. The number of hydrogen-bond donors (Lipinski definition) is 1. The highest BCUT2D eigenvalue weighted by atomic mass is 127. The van der Waals surface area contributed by atoms with Crippen LogP contribution in [-0.2, 0) is 0 Å². The van der Waals surface area contributed by atoms with E-state index in [2.05, 4.69) is 27.9 Å². The van der Waals surface area contributed by atoms with E-state index in [4.69, 9.17) is 5.26 Å². The van der Waals surface area contributed by atoms with Crippen LogP contribution in [0.2, 0.25) is 0 Å². The molecule has 0 heterocycles. The van der Waals surface area contributed by atoms with Gasteiger partial charge in [-0.3, -0.25) is 4.79 Å². The molecule has 0 saturated carbocycles. The zero-order valence-corrected chi connectivity index (χ0v) is 10.3. The molecule has 0 aliphatic rings. The van der Waals surface area contributed by atoms with E-state index in [0.29, 0.717) is 17.7 Å². The Morgan fingerprint density at radius 3 is 2.60 bits per heavy atom. The molecule has 1 N–H and O–H groups in total. The Morgan fingerprint density at radius 2 is 2.07 bits per heavy atom. The standard InChI is InChI=1S/C11H11IN2O/c12-6-1-7-14-11(15)10-4-2-9(8-13)3-5-10/h2-5H,1,6-7H2,(H,14,15). The molecule has 15 heavy (non-hydrogen) atoms. The molecule has 0 aromatic heterocycles. The molecular formula is C11H11IN2O. The highest BCUT2D eigenvalue weighted by molar-refractivity contribution is 14.1. The van der Waals surface area contributed by atoms with E-state index in [9.17, 15) is 4.79 Å². The Morgan fingerprint density at radius 1 is 1.40 bits per heavy atom. The number of benzene rings is 1. The van der Waals surface area contributed by atoms with Crippen molar-refractivity contribution in [1.82, 2.24) is 5.32 Å². The lowest BCUT2D eigenvalue weighted by molar-refractivity contribution is 0.0954. The van der Waals surface area contributed by atoms with Gasteiger partial charge < -0.3 is 5.32 Å². The fraction of sp³-hybridized carbons (Fsp3) is 0.273. The van der Waals surface area contributed by atoms with Crippen LogP contribution in [0.3, 0.4) is 0 Å². The van der Waals surface area contributed by atoms with E-state index in [1.165, 1.54) is 0 Å². The predicted octanol–water partition coefficient (Wildman–Crippen LogP) is 2.11. The third-order valence-corrected chi connectivity index (χ3v) is 2.63. The molecule has 0 aliphatic heterocycles. The van der Waals surface area contributed by atoms with Crippen LogP contribution in [0.5, 0.6) is 0 Å². The minimum Gasteiger partial charge on any atom is -0.352 e. The molecule has 0 atom stereocenters. The smallest absolute Gasteiger partial charge is 0.251 e. The summed E-state index contributed by atoms with van der Waals surface area (Å²) >= 11 is 2.27. The van der Waals surface area contributed by atoms with Gasteiger partial charge in [-0.2, -0.15) is 5.26 Å². The summed E-state index contributed by atoms with van der Waals surface area (Å²) in [6.07, 6.45) is 0.975. The Hall–Kier alpha value is -1.09. The summed E-state index contributed by atoms with van der Waals surface area (Å²) in [6, 6.07) is 8.63. The number of carbonyl (C=O) groups is 1. The first-order chi connectivity index (χ1) is 7.27. The maximum Gasteiger partial charge on any atom is 0.251 e. The van der Waals surface area contributed by atoms with E-state index >= 15 is 0 Å². The first kappa shape index (κ1) is 12.0. The molecule has 0 radical (unpaired) electrons. The van der Waals surface area contributed by atoms with Crippen molar-refractivity contribution in [2.45, 2.75) is 6.42 Å². The van der Waals surface area contributed by atoms with Gasteiger partial charge in [0.1, 0.15) is 0 Å². The molecule has 0 aliphatic carbocycles. The number of nitrogens with one attached hydrogen (secondary N) is 1. The van der Waals surface area contributed by atoms with Gasteiger partial charge in [0.25, 0.3) is 5.91 Å². The first-order valence-electron chi connectivity index (χ1n) is 4.62. The van der Waals surface area contributed by atoms with Crippen molar-refractivity contribution >= 4 is 28.5 Å². The fourth-order valence-electron chi connectivity index (χ4n) is 1.07. The number of rotatable bonds is 4. The molecule has 1 aromatic rings. The summed E-state index contributed by atoms with van der Waals surface area (Å²) in [5, 5.41) is 11.4. The Bertz CT molecular complexity index is 367. The molecule has 0 fully saturated rings. The molecular weight excluding hydrogens is 303 g/mol. The Kier molecular flexibility index (Phi) is 5.12. The zero-order chi connectivity index (χ0) is 11.1. The fourth-order valence-corrected chi connectivity index (χ4v) is 1.45. The van der Waals surface area contributed by atoms with E-state index in [0.717, 1.165) is 10.8 Å². The van der Waals surface area contributed by atoms with Crippen LogP contribution >= 0.6 is 22.6 Å². The monoisotopic (exact) mass is 314 g/mol. The normalized spacial score (nSPS) is 9.33. The molecule has 0 bridgehead atoms. The summed E-state index contributed by atoms with van der Waals surface area (Å²) in [6.45, 7) is 0.696. The zero-order valence-electron chi connectivity index (χ0n) is 8.16. The lowest BCUT2D eigenvalue weighted by Gasteiger charge is -2.03. The molecule has 1 rings (SSSR count). The van der Waals surface area contributed by atoms with Crippen LogP contribution in [0, 0.1) is 11.3 Å². The van der Waals surface area contributed by atoms with Crippen LogP contribution in [0.1, 0.15) is 22.3 Å². The summed E-state index contributed by atoms with van der Waals surface area (Å²) < 4.78 is 1.03. The van der Waals surface area contributed by atoms with Gasteiger partial charge >= 0.3 is 0 Å². The topological polar surface area (TPSA) is 52.9 Å². The van der Waals surface area contributed by atoms with E-state index < -0.39 is 0 Å². The second-order valence-corrected chi connectivity index (χ2v) is 4.07. The number of amides is 1. The van der Waals surface area contributed by atoms with Crippen LogP contribution in [0.25, 0.3) is 0 Å². The molecule has 1 aromatic carbocycles. The van der Waals surface area contributed by atoms with Crippen LogP contribution in [-0.4, -0.2) is 16.9 Å². The largest absolute Gasteiger partial charge is 0.352 e. The van der Waals surface area contributed by atoms with Gasteiger partial charge in [0.2, 0.25) is 0 Å². The Labute approximate surface area is 103 Å². The second-order valence-electron chi connectivity index (χ2n) is 2.99. The van der Waals surface area contributed by atoms with Gasteiger partial charge in [0, 0.05) is 16.5 Å². The van der Waals surface area contributed by atoms with Crippen LogP contribution in [0.15, 0.2) is 24.3 Å². The molecule has 4 heteroatoms. The third-order valence-electron chi connectivity index (χ3n) is 1.87. The van der Waals surface area contributed by atoms with Crippen molar-refractivity contribution in [1.29, 1.82) is 5.26 Å². The predicted molar refractivity (Wildman–Crippen MR) is 67.0 cm³/mol. The summed E-state index contributed by atoms with van der Waals surface area (Å²) in [4.78, 5) is 11.5. The van der Waals surface area contributed by atoms with Gasteiger partial charge in [0.15, 0.2) is 0 Å². The molecule has 78 valence electrons. The maximum atomic E-state index is 11.5. The number of nitriles is 1. The van der Waals surface area contributed by atoms with Crippen molar-refractivity contribution in [2.75, 3.05) is 11.0 Å². The number of alkyl halides is 1. The SMILES string of the molecule is N#Cc1ccc(C(=O)NCCCI)cc1. The average Bonchev–Trinajstić information content (AvgIpc) is 2.29. The highest BCUT2D eigenvalue weighted by Gasteiger charge is 2.03. The van der Waals surface area contributed by atoms with Crippen LogP contribution in [0.4, 0.5) is 0 Å². The first-order valence-corrected chi connectivity index (χ1v) is 6.15. The van der Waals surface area contributed by atoms with Crippen molar-refractivity contribution in [3.05, 3.63) is 35.4 Å².